The fourth-order valence-corrected chi connectivity index (χ4v) is 3.00. The molecular weight excluding hydrogens is 334 g/mol. The van der Waals surface area contributed by atoms with Crippen LogP contribution in [0, 0.1) is 0 Å². The Morgan fingerprint density at radius 2 is 2.00 bits per heavy atom. The lowest BCUT2D eigenvalue weighted by molar-refractivity contribution is 0.102. The Hall–Kier alpha value is -2.43. The standard InChI is InChI=1S/C13H19N7O3S/c1-4-6-19-10(14)9(11(22)18(3)13(19)23)8(21)7-24-12-15-16-17-20(12)5-2/h4-7,14H2,1-3H3. The second-order valence-electron chi connectivity index (χ2n) is 5.05. The Morgan fingerprint density at radius 3 is 2.62 bits per heavy atom. The van der Waals surface area contributed by atoms with Crippen molar-refractivity contribution in [2.75, 3.05) is 11.5 Å². The third kappa shape index (κ3) is 3.25. The number of anilines is 1. The van der Waals surface area contributed by atoms with Crippen LogP contribution >= 0.6 is 11.8 Å². The molecule has 2 aromatic heterocycles. The molecule has 2 N–H and O–H groups in total. The second-order valence-corrected chi connectivity index (χ2v) is 5.99. The monoisotopic (exact) mass is 353 g/mol. The average molecular weight is 353 g/mol. The van der Waals surface area contributed by atoms with Gasteiger partial charge >= 0.3 is 5.69 Å². The molecule has 0 fully saturated rings. The van der Waals surface area contributed by atoms with Gasteiger partial charge in [0.05, 0.1) is 5.75 Å². The van der Waals surface area contributed by atoms with Crippen molar-refractivity contribution in [1.29, 1.82) is 0 Å². The van der Waals surface area contributed by atoms with Gasteiger partial charge in [-0.3, -0.25) is 18.7 Å². The van der Waals surface area contributed by atoms with Crippen LogP contribution in [0.5, 0.6) is 0 Å². The zero-order valence-corrected chi connectivity index (χ0v) is 14.5. The number of nitrogens with zero attached hydrogens (tertiary/aromatic N) is 6. The van der Waals surface area contributed by atoms with E-state index in [0.29, 0.717) is 24.7 Å². The largest absolute Gasteiger partial charge is 0.384 e. The van der Waals surface area contributed by atoms with E-state index in [0.717, 1.165) is 16.3 Å². The first-order valence-electron chi connectivity index (χ1n) is 7.43. The number of tetrazole rings is 1. The van der Waals surface area contributed by atoms with Gasteiger partial charge in [-0.1, -0.05) is 18.7 Å². The highest BCUT2D eigenvalue weighted by atomic mass is 32.2. The van der Waals surface area contributed by atoms with E-state index < -0.39 is 17.0 Å². The van der Waals surface area contributed by atoms with Gasteiger partial charge in [-0.15, -0.1) is 5.10 Å². The Balaban J connectivity index is 2.35. The van der Waals surface area contributed by atoms with Gasteiger partial charge < -0.3 is 5.73 Å². The summed E-state index contributed by atoms with van der Waals surface area (Å²) in [6, 6.07) is 0. The van der Waals surface area contributed by atoms with Crippen LogP contribution in [-0.4, -0.2) is 40.9 Å². The molecule has 0 saturated heterocycles. The highest BCUT2D eigenvalue weighted by Gasteiger charge is 2.22. The summed E-state index contributed by atoms with van der Waals surface area (Å²) in [6.07, 6.45) is 0.649. The molecule has 0 unspecified atom stereocenters. The first-order chi connectivity index (χ1) is 11.4. The van der Waals surface area contributed by atoms with Crippen LogP contribution in [0.1, 0.15) is 30.6 Å². The number of thioether (sulfide) groups is 1. The third-order valence-corrected chi connectivity index (χ3v) is 4.40. The SMILES string of the molecule is CCCn1c(N)c(C(=O)CSc2nnnn2CC)c(=O)n(C)c1=O. The van der Waals surface area contributed by atoms with Gasteiger partial charge in [0.15, 0.2) is 5.78 Å². The Morgan fingerprint density at radius 1 is 1.29 bits per heavy atom. The summed E-state index contributed by atoms with van der Waals surface area (Å²) in [5, 5.41) is 11.6. The van der Waals surface area contributed by atoms with Crippen molar-refractivity contribution in [2.45, 2.75) is 38.5 Å². The number of carbonyl (C=O) groups excluding carboxylic acids is 1. The molecule has 24 heavy (non-hydrogen) atoms. The predicted molar refractivity (Wildman–Crippen MR) is 89.2 cm³/mol. The maximum Gasteiger partial charge on any atom is 0.332 e. The molecule has 0 atom stereocenters. The van der Waals surface area contributed by atoms with Crippen LogP contribution in [0.3, 0.4) is 0 Å². The summed E-state index contributed by atoms with van der Waals surface area (Å²) in [6.45, 7) is 4.64. The molecule has 2 aromatic rings. The van der Waals surface area contributed by atoms with Gasteiger partial charge in [0.2, 0.25) is 5.16 Å². The van der Waals surface area contributed by atoms with E-state index in [2.05, 4.69) is 15.5 Å². The summed E-state index contributed by atoms with van der Waals surface area (Å²) in [5.74, 6) is -0.608. The second kappa shape index (κ2) is 7.43. The van der Waals surface area contributed by atoms with Gasteiger partial charge in [0, 0.05) is 20.1 Å². The molecule has 2 rings (SSSR count). The van der Waals surface area contributed by atoms with Crippen LogP contribution in [0.25, 0.3) is 0 Å². The van der Waals surface area contributed by atoms with Gasteiger partial charge in [-0.2, -0.15) is 0 Å². The van der Waals surface area contributed by atoms with Crippen molar-refractivity contribution >= 4 is 23.4 Å². The summed E-state index contributed by atoms with van der Waals surface area (Å²) in [7, 11) is 1.33. The van der Waals surface area contributed by atoms with E-state index in [9.17, 15) is 14.4 Å². The van der Waals surface area contributed by atoms with Gasteiger partial charge in [-0.05, 0) is 23.8 Å². The minimum absolute atomic E-state index is 0.0514. The van der Waals surface area contributed by atoms with Crippen LogP contribution in [0.15, 0.2) is 14.7 Å². The van der Waals surface area contributed by atoms with Gasteiger partial charge in [-0.25, -0.2) is 9.48 Å². The molecule has 0 bridgehead atoms. The van der Waals surface area contributed by atoms with Crippen molar-refractivity contribution < 1.29 is 4.79 Å². The Bertz CT molecular complexity index is 867. The zero-order chi connectivity index (χ0) is 17.9. The lowest BCUT2D eigenvalue weighted by Crippen LogP contribution is -2.42. The van der Waals surface area contributed by atoms with Crippen molar-refractivity contribution in [1.82, 2.24) is 29.3 Å². The molecule has 130 valence electrons. The third-order valence-electron chi connectivity index (χ3n) is 3.44. The predicted octanol–water partition coefficient (Wildman–Crippen LogP) is -0.479. The number of hydrogen-bond acceptors (Lipinski definition) is 8. The summed E-state index contributed by atoms with van der Waals surface area (Å²) >= 11 is 1.11. The number of nitrogen functional groups attached to an aromatic ring is 1. The van der Waals surface area contributed by atoms with Crippen molar-refractivity contribution in [3.05, 3.63) is 26.4 Å². The van der Waals surface area contributed by atoms with Crippen LogP contribution in [-0.2, 0) is 20.1 Å². The molecule has 11 heteroatoms. The van der Waals surface area contributed by atoms with E-state index in [1.807, 2.05) is 13.8 Å². The fraction of sp³-hybridized carbons (Fsp3) is 0.538. The van der Waals surface area contributed by atoms with Gasteiger partial charge in [0.25, 0.3) is 5.56 Å². The summed E-state index contributed by atoms with van der Waals surface area (Å²) in [5.41, 5.74) is 4.53. The molecule has 2 heterocycles. The molecule has 0 aliphatic carbocycles. The quantitative estimate of drug-likeness (QED) is 0.522. The highest BCUT2D eigenvalue weighted by molar-refractivity contribution is 7.99. The molecule has 0 amide bonds. The zero-order valence-electron chi connectivity index (χ0n) is 13.7. The normalized spacial score (nSPS) is 11.0. The first kappa shape index (κ1) is 17.9. The number of aromatic nitrogens is 6. The number of nitrogens with two attached hydrogens (primary N) is 1. The molecule has 10 nitrogen and oxygen atoms in total. The lowest BCUT2D eigenvalue weighted by Gasteiger charge is -2.13. The number of ketones is 1. The fourth-order valence-electron chi connectivity index (χ4n) is 2.19. The average Bonchev–Trinajstić information content (AvgIpc) is 3.02. The van der Waals surface area contributed by atoms with Crippen molar-refractivity contribution in [3.63, 3.8) is 0 Å². The van der Waals surface area contributed by atoms with Crippen molar-refractivity contribution in [2.24, 2.45) is 7.05 Å². The molecule has 0 aliphatic rings. The Labute approximate surface area is 141 Å². The lowest BCUT2D eigenvalue weighted by atomic mass is 10.2. The van der Waals surface area contributed by atoms with Crippen LogP contribution in [0.2, 0.25) is 0 Å². The van der Waals surface area contributed by atoms with E-state index in [4.69, 9.17) is 5.73 Å². The number of Topliss-reactive ketones (excluding diaryl/α,β-unsaturated/α-hetero) is 1. The summed E-state index contributed by atoms with van der Waals surface area (Å²) < 4.78 is 3.69. The van der Waals surface area contributed by atoms with Gasteiger partial charge in [0.1, 0.15) is 11.4 Å². The molecule has 0 aromatic carbocycles. The highest BCUT2D eigenvalue weighted by Crippen LogP contribution is 2.16. The topological polar surface area (TPSA) is 131 Å². The first-order valence-corrected chi connectivity index (χ1v) is 8.42. The minimum atomic E-state index is -0.689. The molecule has 0 spiro atoms. The number of hydrogen-bond donors (Lipinski definition) is 1. The van der Waals surface area contributed by atoms with E-state index in [1.54, 1.807) is 0 Å². The number of aryl methyl sites for hydroxylation is 1. The maximum absolute atomic E-state index is 12.5. The minimum Gasteiger partial charge on any atom is -0.384 e. The van der Waals surface area contributed by atoms with E-state index in [1.165, 1.54) is 16.3 Å². The van der Waals surface area contributed by atoms with E-state index in [-0.39, 0.29) is 17.1 Å². The molecule has 0 saturated carbocycles. The number of carbonyl (C=O) groups is 1. The number of rotatable bonds is 7. The Kier molecular flexibility index (Phi) is 5.54. The smallest absolute Gasteiger partial charge is 0.332 e. The van der Waals surface area contributed by atoms with Crippen molar-refractivity contribution in [3.8, 4) is 0 Å². The molecular formula is C13H19N7O3S. The molecule has 0 aliphatic heterocycles. The van der Waals surface area contributed by atoms with Crippen LogP contribution < -0.4 is 17.0 Å². The summed E-state index contributed by atoms with van der Waals surface area (Å²) in [4.78, 5) is 36.9. The van der Waals surface area contributed by atoms with Crippen LogP contribution in [0.4, 0.5) is 5.82 Å². The molecule has 0 radical (unpaired) electrons. The van der Waals surface area contributed by atoms with E-state index >= 15 is 0 Å². The maximum atomic E-state index is 12.5.